The number of carbonyl (C=O) groups is 1. The topological polar surface area (TPSA) is 87.5 Å². The Morgan fingerprint density at radius 1 is 1.25 bits per heavy atom. The molecule has 0 bridgehead atoms. The molecule has 36 heavy (non-hydrogen) atoms. The fourth-order valence-corrected chi connectivity index (χ4v) is 3.01. The van der Waals surface area contributed by atoms with E-state index in [4.69, 9.17) is 16.3 Å². The molecular weight excluding hydrogens is 499 g/mol. The van der Waals surface area contributed by atoms with Crippen molar-refractivity contribution in [1.82, 2.24) is 4.90 Å². The average molecular weight is 526 g/mol. The molecule has 0 spiro atoms. The van der Waals surface area contributed by atoms with Crippen LogP contribution in [0, 0.1) is 5.82 Å². The predicted octanol–water partition coefficient (Wildman–Crippen LogP) is 5.13. The summed E-state index contributed by atoms with van der Waals surface area (Å²) in [6.45, 7) is 0.635. The van der Waals surface area contributed by atoms with Crippen molar-refractivity contribution >= 4 is 47.6 Å². The molecule has 0 fully saturated rings. The number of anilines is 2. The van der Waals surface area contributed by atoms with E-state index in [1.165, 1.54) is 36.7 Å². The number of benzene rings is 2. The maximum atomic E-state index is 13.5. The van der Waals surface area contributed by atoms with Gasteiger partial charge in [0, 0.05) is 30.9 Å². The van der Waals surface area contributed by atoms with Gasteiger partial charge in [0.15, 0.2) is 0 Å². The summed E-state index contributed by atoms with van der Waals surface area (Å²) in [5, 5.41) is 5.80. The first-order chi connectivity index (χ1) is 17.2. The number of aliphatic imine (C=N–C) groups is 2. The predicted molar refractivity (Wildman–Crippen MR) is 137 cm³/mol. The molecule has 194 valence electrons. The molecule has 0 heterocycles. The molecule has 12 heteroatoms. The minimum Gasteiger partial charge on any atom is -0.489 e. The maximum Gasteiger partial charge on any atom is 0.345 e. The molecule has 0 aromatic heterocycles. The van der Waals surface area contributed by atoms with E-state index >= 15 is 0 Å². The highest BCUT2D eigenvalue weighted by Crippen LogP contribution is 2.34. The van der Waals surface area contributed by atoms with E-state index in [2.05, 4.69) is 32.1 Å². The fourth-order valence-electron chi connectivity index (χ4n) is 2.83. The summed E-state index contributed by atoms with van der Waals surface area (Å²) in [5.41, 5.74) is 1.86. The zero-order valence-electron chi connectivity index (χ0n) is 19.8. The number of likely N-dealkylation sites (N-methyl/N-ethyl adjacent to an activating group) is 1. The molecule has 0 aliphatic heterocycles. The van der Waals surface area contributed by atoms with Crippen LogP contribution in [0.4, 0.5) is 30.2 Å². The Morgan fingerprint density at radius 3 is 2.69 bits per heavy atom. The van der Waals surface area contributed by atoms with Crippen molar-refractivity contribution in [2.75, 3.05) is 44.5 Å². The fraction of sp³-hybridized carbons (Fsp3) is 0.292. The first-order valence-corrected chi connectivity index (χ1v) is 11.1. The van der Waals surface area contributed by atoms with Crippen molar-refractivity contribution in [3.63, 3.8) is 0 Å². The molecule has 2 aromatic rings. The monoisotopic (exact) mass is 525 g/mol. The third-order valence-electron chi connectivity index (χ3n) is 4.44. The molecule has 8 nitrogen and oxygen atoms in total. The van der Waals surface area contributed by atoms with Gasteiger partial charge in [-0.3, -0.25) is 9.79 Å². The maximum absolute atomic E-state index is 13.5. The normalized spacial score (nSPS) is 11.6. The van der Waals surface area contributed by atoms with Crippen LogP contribution >= 0.6 is 11.6 Å². The summed E-state index contributed by atoms with van der Waals surface area (Å²) in [4.78, 5) is 22.2. The standard InChI is InChI=1S/C24H27ClF3N5O3/c1-29-15-31-20-13-22(35-9-10-36-24(27)28)21(32-23(34)5-4-8-33(2)3)11-16(20)14-30-17-6-7-19(26)18(25)12-17/h4-7,11-13,15,24,30H,1,8-10,14H2,2-3H3,(H,32,34)/b5-4+,31-15-. The first-order valence-electron chi connectivity index (χ1n) is 10.7. The van der Waals surface area contributed by atoms with E-state index in [-0.39, 0.29) is 36.2 Å². The van der Waals surface area contributed by atoms with E-state index in [0.717, 1.165) is 0 Å². The number of alkyl halides is 2. The molecule has 2 N–H and O–H groups in total. The van der Waals surface area contributed by atoms with Gasteiger partial charge in [-0.25, -0.2) is 9.38 Å². The lowest BCUT2D eigenvalue weighted by atomic mass is 10.1. The van der Waals surface area contributed by atoms with E-state index in [0.29, 0.717) is 23.5 Å². The van der Waals surface area contributed by atoms with E-state index in [1.807, 2.05) is 19.0 Å². The molecule has 0 saturated heterocycles. The van der Waals surface area contributed by atoms with Crippen molar-refractivity contribution in [3.05, 3.63) is 58.9 Å². The van der Waals surface area contributed by atoms with Gasteiger partial charge in [-0.15, -0.1) is 0 Å². The van der Waals surface area contributed by atoms with Gasteiger partial charge in [-0.05, 0) is 50.6 Å². The summed E-state index contributed by atoms with van der Waals surface area (Å²) in [6.07, 6.45) is 4.27. The highest BCUT2D eigenvalue weighted by atomic mass is 35.5. The van der Waals surface area contributed by atoms with E-state index in [1.54, 1.807) is 12.1 Å². The summed E-state index contributed by atoms with van der Waals surface area (Å²) < 4.78 is 47.9. The third-order valence-corrected chi connectivity index (χ3v) is 4.73. The van der Waals surface area contributed by atoms with Crippen molar-refractivity contribution in [3.8, 4) is 5.75 Å². The van der Waals surface area contributed by atoms with Crippen molar-refractivity contribution in [2.24, 2.45) is 9.98 Å². The number of nitrogens with zero attached hydrogens (tertiary/aromatic N) is 3. The minimum atomic E-state index is -2.93. The van der Waals surface area contributed by atoms with Gasteiger partial charge in [0.05, 0.1) is 23.0 Å². The molecule has 0 atom stereocenters. The van der Waals surface area contributed by atoms with Crippen LogP contribution in [0.1, 0.15) is 5.56 Å². The van der Waals surface area contributed by atoms with Crippen LogP contribution in [0.3, 0.4) is 0 Å². The van der Waals surface area contributed by atoms with Crippen LogP contribution in [0.5, 0.6) is 5.75 Å². The molecule has 0 radical (unpaired) electrons. The van der Waals surface area contributed by atoms with E-state index < -0.39 is 18.3 Å². The Hall–Kier alpha value is -3.41. The lowest BCUT2D eigenvalue weighted by Gasteiger charge is -2.17. The zero-order chi connectivity index (χ0) is 26.5. The first kappa shape index (κ1) is 28.8. The van der Waals surface area contributed by atoms with Crippen LogP contribution in [0.15, 0.2) is 52.5 Å². The Morgan fingerprint density at radius 2 is 2.03 bits per heavy atom. The molecule has 2 rings (SSSR count). The lowest BCUT2D eigenvalue weighted by molar-refractivity contribution is -0.133. The average Bonchev–Trinajstić information content (AvgIpc) is 2.82. The number of rotatable bonds is 14. The number of carbonyl (C=O) groups excluding carboxylic acids is 1. The molecule has 0 unspecified atom stereocenters. The van der Waals surface area contributed by atoms with Crippen LogP contribution in [-0.4, -0.2) is 64.3 Å². The summed E-state index contributed by atoms with van der Waals surface area (Å²) in [6, 6.07) is 7.33. The van der Waals surface area contributed by atoms with Crippen LogP contribution in [0.2, 0.25) is 5.02 Å². The van der Waals surface area contributed by atoms with Crippen molar-refractivity contribution in [1.29, 1.82) is 0 Å². The largest absolute Gasteiger partial charge is 0.489 e. The third kappa shape index (κ3) is 10.1. The molecule has 0 aliphatic carbocycles. The highest BCUT2D eigenvalue weighted by molar-refractivity contribution is 6.31. The van der Waals surface area contributed by atoms with Crippen LogP contribution in [0.25, 0.3) is 0 Å². The number of hydrogen-bond donors (Lipinski definition) is 2. The van der Waals surface area contributed by atoms with Crippen LogP contribution in [-0.2, 0) is 16.1 Å². The zero-order valence-corrected chi connectivity index (χ0v) is 20.6. The van der Waals surface area contributed by atoms with Gasteiger partial charge in [-0.2, -0.15) is 8.78 Å². The van der Waals surface area contributed by atoms with Crippen LogP contribution < -0.4 is 15.4 Å². The van der Waals surface area contributed by atoms with Gasteiger partial charge < -0.3 is 25.0 Å². The second-order valence-corrected chi connectivity index (χ2v) is 7.93. The summed E-state index contributed by atoms with van der Waals surface area (Å²) >= 11 is 5.85. The van der Waals surface area contributed by atoms with Gasteiger partial charge in [0.1, 0.15) is 24.5 Å². The minimum absolute atomic E-state index is 0.0404. The Labute approximate surface area is 212 Å². The molecule has 0 saturated carbocycles. The number of ether oxygens (including phenoxy) is 2. The smallest absolute Gasteiger partial charge is 0.345 e. The van der Waals surface area contributed by atoms with Gasteiger partial charge in [0.25, 0.3) is 0 Å². The summed E-state index contributed by atoms with van der Waals surface area (Å²) in [5.74, 6) is -0.778. The SMILES string of the molecule is C=N/C=N\c1cc(OCCOC(F)F)c(NC(=O)/C=C/CN(C)C)cc1CNc1ccc(F)c(Cl)c1. The number of halogens is 4. The second-order valence-electron chi connectivity index (χ2n) is 7.52. The van der Waals surface area contributed by atoms with Gasteiger partial charge in [0.2, 0.25) is 5.91 Å². The van der Waals surface area contributed by atoms with Gasteiger partial charge in [-0.1, -0.05) is 17.7 Å². The molecular formula is C24H27ClF3N5O3. The number of hydrogen-bond acceptors (Lipinski definition) is 6. The van der Waals surface area contributed by atoms with Crippen molar-refractivity contribution in [2.45, 2.75) is 13.2 Å². The molecule has 0 aliphatic rings. The van der Waals surface area contributed by atoms with Gasteiger partial charge >= 0.3 is 6.61 Å². The van der Waals surface area contributed by atoms with Crippen molar-refractivity contribution < 1.29 is 27.4 Å². The molecule has 2 aromatic carbocycles. The Bertz CT molecular complexity index is 1100. The Balaban J connectivity index is 2.35. The highest BCUT2D eigenvalue weighted by Gasteiger charge is 2.14. The van der Waals surface area contributed by atoms with E-state index in [9.17, 15) is 18.0 Å². The number of amides is 1. The Kier molecular flexibility index (Phi) is 11.9. The quantitative estimate of drug-likeness (QED) is 0.155. The lowest BCUT2D eigenvalue weighted by Crippen LogP contribution is -2.15. The number of nitrogens with one attached hydrogen (secondary N) is 2. The molecule has 1 amide bonds. The second kappa shape index (κ2) is 14.9. The summed E-state index contributed by atoms with van der Waals surface area (Å²) in [7, 11) is 3.72.